The molecule has 0 aliphatic carbocycles. The smallest absolute Gasteiger partial charge is 0.127 e. The Morgan fingerprint density at radius 1 is 1.16 bits per heavy atom. The minimum absolute atomic E-state index is 0.163. The summed E-state index contributed by atoms with van der Waals surface area (Å²) in [6.07, 6.45) is 0.850. The van der Waals surface area contributed by atoms with Gasteiger partial charge >= 0.3 is 0 Å². The standard InChI is InChI=1S/C15H25NO3/c1-15(2,19-6)10-13(16-3)12-8-7-11(17-4)9-14(12)18-5/h7-9,13,16H,10H2,1-6H3. The van der Waals surface area contributed by atoms with Gasteiger partial charge in [-0.15, -0.1) is 0 Å². The quantitative estimate of drug-likeness (QED) is 0.824. The Morgan fingerprint density at radius 3 is 2.32 bits per heavy atom. The predicted octanol–water partition coefficient (Wildman–Crippen LogP) is 2.78. The van der Waals surface area contributed by atoms with Gasteiger partial charge in [-0.3, -0.25) is 0 Å². The molecule has 0 fully saturated rings. The van der Waals surface area contributed by atoms with Gasteiger partial charge in [-0.2, -0.15) is 0 Å². The molecule has 0 amide bonds. The molecule has 0 aliphatic rings. The monoisotopic (exact) mass is 267 g/mol. The molecular weight excluding hydrogens is 242 g/mol. The van der Waals surface area contributed by atoms with Gasteiger partial charge in [-0.25, -0.2) is 0 Å². The van der Waals surface area contributed by atoms with Crippen molar-refractivity contribution >= 4 is 0 Å². The number of hydrogen-bond acceptors (Lipinski definition) is 4. The molecule has 1 rings (SSSR count). The maximum absolute atomic E-state index is 5.50. The Hall–Kier alpha value is -1.26. The Labute approximate surface area is 116 Å². The van der Waals surface area contributed by atoms with Crippen molar-refractivity contribution in [3.63, 3.8) is 0 Å². The molecule has 1 aromatic carbocycles. The fraction of sp³-hybridized carbons (Fsp3) is 0.600. The van der Waals surface area contributed by atoms with E-state index in [9.17, 15) is 0 Å². The summed E-state index contributed by atoms with van der Waals surface area (Å²) in [5.74, 6) is 1.62. The van der Waals surface area contributed by atoms with Crippen molar-refractivity contribution in [1.82, 2.24) is 5.32 Å². The van der Waals surface area contributed by atoms with Crippen LogP contribution in [-0.2, 0) is 4.74 Å². The summed E-state index contributed by atoms with van der Waals surface area (Å²) in [6.45, 7) is 4.15. The lowest BCUT2D eigenvalue weighted by molar-refractivity contribution is 0.00728. The highest BCUT2D eigenvalue weighted by molar-refractivity contribution is 5.42. The zero-order valence-electron chi connectivity index (χ0n) is 12.7. The molecule has 4 nitrogen and oxygen atoms in total. The van der Waals surface area contributed by atoms with Gasteiger partial charge in [-0.1, -0.05) is 6.07 Å². The number of benzene rings is 1. The number of methoxy groups -OCH3 is 3. The first-order chi connectivity index (χ1) is 8.97. The van der Waals surface area contributed by atoms with Crippen molar-refractivity contribution in [2.45, 2.75) is 31.9 Å². The van der Waals surface area contributed by atoms with E-state index in [-0.39, 0.29) is 11.6 Å². The van der Waals surface area contributed by atoms with Crippen LogP contribution < -0.4 is 14.8 Å². The maximum Gasteiger partial charge on any atom is 0.127 e. The van der Waals surface area contributed by atoms with Crippen molar-refractivity contribution in [2.75, 3.05) is 28.4 Å². The van der Waals surface area contributed by atoms with Crippen LogP contribution in [0.1, 0.15) is 31.9 Å². The van der Waals surface area contributed by atoms with Crippen LogP contribution in [0.25, 0.3) is 0 Å². The van der Waals surface area contributed by atoms with Gasteiger partial charge in [-0.05, 0) is 33.4 Å². The van der Waals surface area contributed by atoms with Gasteiger partial charge in [0, 0.05) is 24.8 Å². The molecule has 0 saturated heterocycles. The van der Waals surface area contributed by atoms with E-state index in [1.54, 1.807) is 21.3 Å². The van der Waals surface area contributed by atoms with Gasteiger partial charge < -0.3 is 19.5 Å². The molecule has 4 heteroatoms. The fourth-order valence-electron chi connectivity index (χ4n) is 2.05. The van der Waals surface area contributed by atoms with E-state index in [1.807, 2.05) is 25.2 Å². The number of nitrogens with one attached hydrogen (secondary N) is 1. The van der Waals surface area contributed by atoms with Gasteiger partial charge in [0.1, 0.15) is 11.5 Å². The van der Waals surface area contributed by atoms with E-state index in [0.717, 1.165) is 23.5 Å². The third kappa shape index (κ3) is 4.11. The van der Waals surface area contributed by atoms with Crippen LogP contribution in [0.4, 0.5) is 0 Å². The highest BCUT2D eigenvalue weighted by Crippen LogP contribution is 2.34. The average molecular weight is 267 g/mol. The SMILES string of the molecule is CNC(CC(C)(C)OC)c1ccc(OC)cc1OC. The summed E-state index contributed by atoms with van der Waals surface area (Å²) < 4.78 is 16.2. The lowest BCUT2D eigenvalue weighted by atomic mass is 9.93. The Balaban J connectivity index is 3.04. The molecule has 1 aromatic rings. The molecule has 0 aromatic heterocycles. The summed E-state index contributed by atoms with van der Waals surface area (Å²) in [4.78, 5) is 0. The predicted molar refractivity (Wildman–Crippen MR) is 77.1 cm³/mol. The Morgan fingerprint density at radius 2 is 1.84 bits per heavy atom. The third-order valence-electron chi connectivity index (χ3n) is 3.41. The second kappa shape index (κ2) is 6.78. The molecule has 0 heterocycles. The summed E-state index contributed by atoms with van der Waals surface area (Å²) >= 11 is 0. The molecule has 1 unspecified atom stereocenters. The molecule has 0 aliphatic heterocycles. The van der Waals surface area contributed by atoms with Crippen molar-refractivity contribution in [3.05, 3.63) is 23.8 Å². The highest BCUT2D eigenvalue weighted by Gasteiger charge is 2.25. The second-order valence-electron chi connectivity index (χ2n) is 5.12. The zero-order valence-corrected chi connectivity index (χ0v) is 12.7. The van der Waals surface area contributed by atoms with E-state index < -0.39 is 0 Å². The summed E-state index contributed by atoms with van der Waals surface area (Å²) in [5, 5.41) is 3.32. The largest absolute Gasteiger partial charge is 0.497 e. The van der Waals surface area contributed by atoms with Gasteiger partial charge in [0.25, 0.3) is 0 Å². The fourth-order valence-corrected chi connectivity index (χ4v) is 2.05. The van der Waals surface area contributed by atoms with E-state index in [0.29, 0.717) is 0 Å². The second-order valence-corrected chi connectivity index (χ2v) is 5.12. The molecule has 0 radical (unpaired) electrons. The van der Waals surface area contributed by atoms with Gasteiger partial charge in [0.05, 0.1) is 19.8 Å². The minimum Gasteiger partial charge on any atom is -0.497 e. The molecular formula is C15H25NO3. The van der Waals surface area contributed by atoms with E-state index in [1.165, 1.54) is 0 Å². The summed E-state index contributed by atoms with van der Waals surface area (Å²) in [7, 11) is 7.00. The molecule has 1 N–H and O–H groups in total. The Bertz CT molecular complexity index is 404. The van der Waals surface area contributed by atoms with Crippen molar-refractivity contribution in [1.29, 1.82) is 0 Å². The van der Waals surface area contributed by atoms with E-state index in [2.05, 4.69) is 19.2 Å². The van der Waals surface area contributed by atoms with Crippen LogP contribution >= 0.6 is 0 Å². The number of hydrogen-bond donors (Lipinski definition) is 1. The molecule has 108 valence electrons. The van der Waals surface area contributed by atoms with Crippen LogP contribution in [0.5, 0.6) is 11.5 Å². The lowest BCUT2D eigenvalue weighted by Crippen LogP contribution is -2.30. The highest BCUT2D eigenvalue weighted by atomic mass is 16.5. The number of ether oxygens (including phenoxy) is 3. The van der Waals surface area contributed by atoms with Gasteiger partial charge in [0.2, 0.25) is 0 Å². The molecule has 1 atom stereocenters. The molecule has 0 bridgehead atoms. The van der Waals surface area contributed by atoms with Crippen molar-refractivity contribution in [2.24, 2.45) is 0 Å². The van der Waals surface area contributed by atoms with Crippen LogP contribution in [0, 0.1) is 0 Å². The average Bonchev–Trinajstić information content (AvgIpc) is 2.44. The number of rotatable bonds is 7. The topological polar surface area (TPSA) is 39.7 Å². The first kappa shape index (κ1) is 15.8. The normalized spacial score (nSPS) is 13.2. The maximum atomic E-state index is 5.50. The summed E-state index contributed by atoms with van der Waals surface area (Å²) in [6, 6.07) is 6.04. The summed E-state index contributed by atoms with van der Waals surface area (Å²) in [5.41, 5.74) is 0.912. The minimum atomic E-state index is -0.196. The zero-order chi connectivity index (χ0) is 14.5. The van der Waals surface area contributed by atoms with E-state index >= 15 is 0 Å². The van der Waals surface area contributed by atoms with Crippen LogP contribution in [0.3, 0.4) is 0 Å². The molecule has 0 saturated carbocycles. The van der Waals surface area contributed by atoms with Crippen LogP contribution in [0.15, 0.2) is 18.2 Å². The van der Waals surface area contributed by atoms with Crippen LogP contribution in [0.2, 0.25) is 0 Å². The van der Waals surface area contributed by atoms with E-state index in [4.69, 9.17) is 14.2 Å². The molecule has 19 heavy (non-hydrogen) atoms. The first-order valence-corrected chi connectivity index (χ1v) is 6.41. The van der Waals surface area contributed by atoms with Crippen LogP contribution in [-0.4, -0.2) is 34.0 Å². The Kier molecular flexibility index (Phi) is 5.63. The first-order valence-electron chi connectivity index (χ1n) is 6.41. The third-order valence-corrected chi connectivity index (χ3v) is 3.41. The van der Waals surface area contributed by atoms with Crippen molar-refractivity contribution < 1.29 is 14.2 Å². The van der Waals surface area contributed by atoms with Gasteiger partial charge in [0.15, 0.2) is 0 Å². The molecule has 0 spiro atoms. The van der Waals surface area contributed by atoms with Crippen molar-refractivity contribution in [3.8, 4) is 11.5 Å². The lowest BCUT2D eigenvalue weighted by Gasteiger charge is -2.29.